The predicted molar refractivity (Wildman–Crippen MR) is 126 cm³/mol. The number of fused-ring (bicyclic) bond motifs is 1. The van der Waals surface area contributed by atoms with E-state index in [4.69, 9.17) is 4.74 Å². The monoisotopic (exact) mass is 484 g/mol. The van der Waals surface area contributed by atoms with Gasteiger partial charge in [0, 0.05) is 30.3 Å². The summed E-state index contributed by atoms with van der Waals surface area (Å²) in [6, 6.07) is 7.01. The number of ether oxygens (including phenoxy) is 1. The first kappa shape index (κ1) is 22.9. The number of methoxy groups -OCH3 is 1. The third kappa shape index (κ3) is 4.54. The third-order valence-electron chi connectivity index (χ3n) is 6.83. The molecule has 1 N–H and O–H groups in total. The van der Waals surface area contributed by atoms with E-state index in [0.717, 1.165) is 36.0 Å². The first-order valence-electron chi connectivity index (χ1n) is 11.6. The van der Waals surface area contributed by atoms with E-state index in [0.29, 0.717) is 37.6 Å². The molecule has 5 rings (SSSR count). The van der Waals surface area contributed by atoms with Crippen LogP contribution in [0.2, 0.25) is 0 Å². The van der Waals surface area contributed by atoms with Crippen LogP contribution in [0.25, 0.3) is 0 Å². The van der Waals surface area contributed by atoms with Gasteiger partial charge in [0.2, 0.25) is 17.8 Å². The lowest BCUT2D eigenvalue weighted by atomic mass is 9.88. The summed E-state index contributed by atoms with van der Waals surface area (Å²) in [4.78, 5) is 42.2. The van der Waals surface area contributed by atoms with E-state index >= 15 is 0 Å². The van der Waals surface area contributed by atoms with Crippen LogP contribution in [0.15, 0.2) is 29.4 Å². The summed E-state index contributed by atoms with van der Waals surface area (Å²) in [5.74, 6) is 1.93. The number of thioether (sulfide) groups is 1. The highest BCUT2D eigenvalue weighted by Crippen LogP contribution is 2.28. The Morgan fingerprint density at radius 3 is 2.59 bits per heavy atom. The zero-order valence-corrected chi connectivity index (χ0v) is 19.9. The van der Waals surface area contributed by atoms with Gasteiger partial charge in [0.05, 0.1) is 19.7 Å². The average molecular weight is 485 g/mol. The van der Waals surface area contributed by atoms with Gasteiger partial charge in [-0.1, -0.05) is 11.8 Å². The molecule has 2 fully saturated rings. The maximum atomic E-state index is 13.0. The summed E-state index contributed by atoms with van der Waals surface area (Å²) in [5.41, 5.74) is 0.699. The molecule has 0 bridgehead atoms. The maximum absolute atomic E-state index is 13.0. The Labute approximate surface area is 202 Å². The van der Waals surface area contributed by atoms with E-state index in [1.54, 1.807) is 35.9 Å². The molecule has 34 heavy (non-hydrogen) atoms. The molecule has 180 valence electrons. The molecule has 2 aromatic rings. The van der Waals surface area contributed by atoms with Gasteiger partial charge in [-0.3, -0.25) is 29.2 Å². The quantitative estimate of drug-likeness (QED) is 0.590. The Bertz CT molecular complexity index is 1080. The number of carbonyl (C=O) groups excluding carboxylic acids is 3. The molecule has 1 aromatic heterocycles. The summed E-state index contributed by atoms with van der Waals surface area (Å²) in [5, 5.41) is 11.7. The maximum Gasteiger partial charge on any atom is 0.246 e. The normalized spacial score (nSPS) is 21.0. The molecule has 4 heterocycles. The van der Waals surface area contributed by atoms with Crippen LogP contribution in [0.4, 0.5) is 5.95 Å². The van der Waals surface area contributed by atoms with Gasteiger partial charge >= 0.3 is 0 Å². The molecule has 3 aliphatic heterocycles. The number of piperidine rings is 1. The van der Waals surface area contributed by atoms with Crippen LogP contribution < -0.4 is 10.1 Å². The number of benzene rings is 1. The second-order valence-electron chi connectivity index (χ2n) is 8.82. The molecular weight excluding hydrogens is 456 g/mol. The number of anilines is 1. The van der Waals surface area contributed by atoms with E-state index in [1.165, 1.54) is 0 Å². The molecule has 0 radical (unpaired) electrons. The van der Waals surface area contributed by atoms with Crippen molar-refractivity contribution in [3.8, 4) is 5.75 Å². The highest BCUT2D eigenvalue weighted by Gasteiger charge is 2.39. The van der Waals surface area contributed by atoms with Crippen molar-refractivity contribution in [3.05, 3.63) is 29.8 Å². The van der Waals surface area contributed by atoms with Gasteiger partial charge in [-0.25, -0.2) is 0 Å². The zero-order valence-electron chi connectivity index (χ0n) is 19.1. The SMILES string of the molecule is COc1ccc(C(=O)C2CCN([C@H]3CCN(CC(=O)Nc4nnc5n4CCS5)C3=O)CC2)cc1. The van der Waals surface area contributed by atoms with E-state index in [2.05, 4.69) is 20.4 Å². The molecule has 10 nitrogen and oxygen atoms in total. The van der Waals surface area contributed by atoms with Crippen molar-refractivity contribution >= 4 is 35.3 Å². The fourth-order valence-corrected chi connectivity index (χ4v) is 5.83. The smallest absolute Gasteiger partial charge is 0.246 e. The number of likely N-dealkylation sites (tertiary alicyclic amines) is 2. The summed E-state index contributed by atoms with van der Waals surface area (Å²) < 4.78 is 7.05. The molecule has 0 spiro atoms. The van der Waals surface area contributed by atoms with Crippen molar-refractivity contribution < 1.29 is 19.1 Å². The minimum atomic E-state index is -0.259. The van der Waals surface area contributed by atoms with Gasteiger partial charge in [-0.2, -0.15) is 0 Å². The van der Waals surface area contributed by atoms with Crippen molar-refractivity contribution in [2.45, 2.75) is 37.0 Å². The fraction of sp³-hybridized carbons (Fsp3) is 0.522. The highest BCUT2D eigenvalue weighted by atomic mass is 32.2. The van der Waals surface area contributed by atoms with Crippen molar-refractivity contribution in [1.82, 2.24) is 24.6 Å². The van der Waals surface area contributed by atoms with Gasteiger partial charge < -0.3 is 9.64 Å². The van der Waals surface area contributed by atoms with Crippen molar-refractivity contribution in [1.29, 1.82) is 0 Å². The Morgan fingerprint density at radius 1 is 1.09 bits per heavy atom. The predicted octanol–water partition coefficient (Wildman–Crippen LogP) is 1.53. The van der Waals surface area contributed by atoms with Crippen molar-refractivity contribution in [2.75, 3.05) is 44.4 Å². The first-order valence-corrected chi connectivity index (χ1v) is 12.6. The fourth-order valence-electron chi connectivity index (χ4n) is 4.94. The molecule has 2 amide bonds. The van der Waals surface area contributed by atoms with E-state index in [-0.39, 0.29) is 36.1 Å². The topological polar surface area (TPSA) is 110 Å². The number of nitrogens with zero attached hydrogens (tertiary/aromatic N) is 5. The minimum Gasteiger partial charge on any atom is -0.497 e. The van der Waals surface area contributed by atoms with Gasteiger partial charge in [0.25, 0.3) is 0 Å². The average Bonchev–Trinajstić information content (AvgIpc) is 3.57. The van der Waals surface area contributed by atoms with Gasteiger partial charge in [0.1, 0.15) is 5.75 Å². The van der Waals surface area contributed by atoms with Crippen LogP contribution in [-0.4, -0.2) is 87.2 Å². The molecule has 1 aromatic carbocycles. The number of rotatable bonds is 7. The van der Waals surface area contributed by atoms with E-state index in [9.17, 15) is 14.4 Å². The summed E-state index contributed by atoms with van der Waals surface area (Å²) in [6.45, 7) is 2.73. The van der Waals surface area contributed by atoms with Crippen LogP contribution in [0.5, 0.6) is 5.75 Å². The number of ketones is 1. The number of amides is 2. The summed E-state index contributed by atoms with van der Waals surface area (Å²) in [6.07, 6.45) is 2.15. The Hall–Kier alpha value is -2.92. The summed E-state index contributed by atoms with van der Waals surface area (Å²) in [7, 11) is 1.60. The van der Waals surface area contributed by atoms with E-state index < -0.39 is 0 Å². The van der Waals surface area contributed by atoms with Crippen LogP contribution >= 0.6 is 11.8 Å². The number of aromatic nitrogens is 3. The van der Waals surface area contributed by atoms with Crippen LogP contribution in [0.3, 0.4) is 0 Å². The number of Topliss-reactive ketones (excluding diaryl/α,β-unsaturated/α-hetero) is 1. The number of hydrogen-bond acceptors (Lipinski definition) is 8. The van der Waals surface area contributed by atoms with E-state index in [1.807, 2.05) is 16.7 Å². The Morgan fingerprint density at radius 2 is 1.85 bits per heavy atom. The van der Waals surface area contributed by atoms with Crippen LogP contribution in [0.1, 0.15) is 29.6 Å². The van der Waals surface area contributed by atoms with Crippen LogP contribution in [-0.2, 0) is 16.1 Å². The van der Waals surface area contributed by atoms with Gasteiger partial charge in [-0.05, 0) is 56.6 Å². The minimum absolute atomic E-state index is 0.0110. The number of carbonyl (C=O) groups is 3. The van der Waals surface area contributed by atoms with Gasteiger partial charge in [-0.15, -0.1) is 10.2 Å². The number of hydrogen-bond donors (Lipinski definition) is 1. The lowest BCUT2D eigenvalue weighted by Crippen LogP contribution is -2.47. The molecule has 11 heteroatoms. The highest BCUT2D eigenvalue weighted by molar-refractivity contribution is 7.99. The molecule has 0 aliphatic carbocycles. The largest absolute Gasteiger partial charge is 0.497 e. The molecule has 2 saturated heterocycles. The van der Waals surface area contributed by atoms with Crippen molar-refractivity contribution in [3.63, 3.8) is 0 Å². The summed E-state index contributed by atoms with van der Waals surface area (Å²) >= 11 is 1.61. The van der Waals surface area contributed by atoms with Crippen LogP contribution in [0, 0.1) is 5.92 Å². The third-order valence-corrected chi connectivity index (χ3v) is 7.78. The molecule has 1 atom stereocenters. The second kappa shape index (κ2) is 9.75. The Kier molecular flexibility index (Phi) is 6.55. The number of nitrogens with one attached hydrogen (secondary N) is 1. The lowest BCUT2D eigenvalue weighted by Gasteiger charge is -2.34. The molecule has 0 saturated carbocycles. The van der Waals surface area contributed by atoms with Gasteiger partial charge in [0.15, 0.2) is 10.9 Å². The first-order chi connectivity index (χ1) is 16.5. The van der Waals surface area contributed by atoms with Crippen molar-refractivity contribution in [2.24, 2.45) is 5.92 Å². The standard InChI is InChI=1S/C23H28N6O4S/c1-33-17-4-2-15(3-5-17)20(31)16-6-9-27(10-7-16)18-8-11-28(21(18)32)14-19(30)24-22-25-26-23-29(22)12-13-34-23/h2-5,16,18H,6-14H2,1H3,(H,24,25,30)/t18-/m0/s1. The molecule has 0 unspecified atom stereocenters. The molecule has 3 aliphatic rings. The molecular formula is C23H28N6O4S. The Balaban J connectivity index is 1.11. The second-order valence-corrected chi connectivity index (χ2v) is 9.88. The lowest BCUT2D eigenvalue weighted by molar-refractivity contribution is -0.135. The zero-order chi connectivity index (χ0) is 23.7.